The molecule has 6 heteroatoms. The number of carbonyl (C=O) groups excluding carboxylic acids is 2. The summed E-state index contributed by atoms with van der Waals surface area (Å²) >= 11 is 0. The molecule has 0 aromatic heterocycles. The summed E-state index contributed by atoms with van der Waals surface area (Å²) in [6.07, 6.45) is 1.07. The van der Waals surface area contributed by atoms with Crippen LogP contribution in [0.5, 0.6) is 0 Å². The van der Waals surface area contributed by atoms with E-state index in [-0.39, 0.29) is 5.91 Å². The molecule has 0 aliphatic carbocycles. The second kappa shape index (κ2) is 9.87. The molecule has 2 heterocycles. The lowest BCUT2D eigenvalue weighted by Gasteiger charge is -2.26. The van der Waals surface area contributed by atoms with E-state index >= 15 is 0 Å². The van der Waals surface area contributed by atoms with Crippen molar-refractivity contribution in [2.24, 2.45) is 0 Å². The number of benzene rings is 2. The molecule has 2 aromatic rings. The number of hydrogen-bond donors (Lipinski definition) is 0. The monoisotopic (exact) mass is 408 g/mol. The first-order valence-corrected chi connectivity index (χ1v) is 10.6. The van der Waals surface area contributed by atoms with Crippen LogP contribution in [-0.4, -0.2) is 61.1 Å². The highest BCUT2D eigenvalue weighted by Crippen LogP contribution is 2.24. The van der Waals surface area contributed by atoms with Gasteiger partial charge in [-0.1, -0.05) is 42.5 Å². The van der Waals surface area contributed by atoms with Crippen molar-refractivity contribution in [3.8, 4) is 0 Å². The zero-order chi connectivity index (χ0) is 20.8. The Morgan fingerprint density at radius 2 is 1.57 bits per heavy atom. The van der Waals surface area contributed by atoms with E-state index < -0.39 is 12.1 Å². The van der Waals surface area contributed by atoms with Gasteiger partial charge in [0.2, 0.25) is 6.10 Å². The Morgan fingerprint density at radius 3 is 2.23 bits per heavy atom. The van der Waals surface area contributed by atoms with Crippen molar-refractivity contribution in [3.05, 3.63) is 71.3 Å². The Bertz CT molecular complexity index is 841. The third-order valence-corrected chi connectivity index (χ3v) is 5.67. The quantitative estimate of drug-likeness (QED) is 0.688. The lowest BCUT2D eigenvalue weighted by molar-refractivity contribution is -0.140. The molecule has 2 saturated heterocycles. The highest BCUT2D eigenvalue weighted by atomic mass is 16.5. The third-order valence-electron chi connectivity index (χ3n) is 5.67. The summed E-state index contributed by atoms with van der Waals surface area (Å²) in [6, 6.07) is 16.7. The minimum atomic E-state index is -0.912. The van der Waals surface area contributed by atoms with Gasteiger partial charge in [-0.2, -0.15) is 0 Å². The maximum atomic E-state index is 13.0. The number of carbonyl (C=O) groups is 2. The predicted octanol–water partition coefficient (Wildman–Crippen LogP) is 3.04. The fourth-order valence-corrected chi connectivity index (χ4v) is 3.93. The topological polar surface area (TPSA) is 59.1 Å². The number of morpholine rings is 1. The fourth-order valence-electron chi connectivity index (χ4n) is 3.93. The summed E-state index contributed by atoms with van der Waals surface area (Å²) in [5, 5.41) is 0. The Morgan fingerprint density at radius 1 is 0.900 bits per heavy atom. The summed E-state index contributed by atoms with van der Waals surface area (Å²) in [5.74, 6) is -0.620. The van der Waals surface area contributed by atoms with Crippen LogP contribution in [0, 0.1) is 0 Å². The second-order valence-electron chi connectivity index (χ2n) is 7.81. The van der Waals surface area contributed by atoms with Crippen LogP contribution in [0.3, 0.4) is 0 Å². The molecule has 4 rings (SSSR count). The molecule has 0 spiro atoms. The summed E-state index contributed by atoms with van der Waals surface area (Å²) in [5.41, 5.74) is 2.30. The highest BCUT2D eigenvalue weighted by molar-refractivity contribution is 5.92. The molecule has 0 saturated carbocycles. The number of hydrogen-bond acceptors (Lipinski definition) is 5. The SMILES string of the molecule is O=C(O[C@@H](C(=O)N1CCCC1)c1ccccc1)c1ccc(CN2CCOCC2)cc1. The molecule has 30 heavy (non-hydrogen) atoms. The van der Waals surface area contributed by atoms with Crippen LogP contribution in [0.1, 0.15) is 40.4 Å². The molecule has 0 unspecified atom stereocenters. The molecule has 2 aliphatic rings. The van der Waals surface area contributed by atoms with Crippen molar-refractivity contribution in [3.63, 3.8) is 0 Å². The van der Waals surface area contributed by atoms with Gasteiger partial charge in [0.25, 0.3) is 5.91 Å². The van der Waals surface area contributed by atoms with Gasteiger partial charge in [-0.15, -0.1) is 0 Å². The van der Waals surface area contributed by atoms with Crippen LogP contribution in [0.2, 0.25) is 0 Å². The molecule has 2 aromatic carbocycles. The van der Waals surface area contributed by atoms with Crippen LogP contribution in [-0.2, 0) is 20.8 Å². The van der Waals surface area contributed by atoms with Crippen LogP contribution < -0.4 is 0 Å². The summed E-state index contributed by atoms with van der Waals surface area (Å²) in [4.78, 5) is 30.0. The van der Waals surface area contributed by atoms with Gasteiger partial charge in [0.15, 0.2) is 0 Å². The summed E-state index contributed by atoms with van der Waals surface area (Å²) in [7, 11) is 0. The minimum absolute atomic E-state index is 0.143. The Labute approximate surface area is 177 Å². The molecule has 1 atom stereocenters. The lowest BCUT2D eigenvalue weighted by atomic mass is 10.1. The van der Waals surface area contributed by atoms with Crippen molar-refractivity contribution >= 4 is 11.9 Å². The highest BCUT2D eigenvalue weighted by Gasteiger charge is 2.31. The Hall–Kier alpha value is -2.70. The predicted molar refractivity (Wildman–Crippen MR) is 113 cm³/mol. The number of amides is 1. The van der Waals surface area contributed by atoms with Crippen LogP contribution in [0.15, 0.2) is 54.6 Å². The molecule has 158 valence electrons. The molecule has 6 nitrogen and oxygen atoms in total. The van der Waals surface area contributed by atoms with E-state index in [4.69, 9.17) is 9.47 Å². The molecule has 1 amide bonds. The van der Waals surface area contributed by atoms with E-state index in [0.29, 0.717) is 11.1 Å². The molecule has 0 N–H and O–H groups in total. The number of likely N-dealkylation sites (tertiary alicyclic amines) is 1. The van der Waals surface area contributed by atoms with Crippen LogP contribution in [0.25, 0.3) is 0 Å². The van der Waals surface area contributed by atoms with Crippen molar-refractivity contribution in [1.29, 1.82) is 0 Å². The van der Waals surface area contributed by atoms with E-state index in [1.807, 2.05) is 42.5 Å². The van der Waals surface area contributed by atoms with Gasteiger partial charge >= 0.3 is 5.97 Å². The molecule has 0 radical (unpaired) electrons. The van der Waals surface area contributed by atoms with Crippen molar-refractivity contribution in [1.82, 2.24) is 9.80 Å². The third kappa shape index (κ3) is 5.07. The molecule has 2 fully saturated rings. The van der Waals surface area contributed by atoms with E-state index in [9.17, 15) is 9.59 Å². The van der Waals surface area contributed by atoms with Gasteiger partial charge in [-0.25, -0.2) is 4.79 Å². The maximum absolute atomic E-state index is 13.0. The summed E-state index contributed by atoms with van der Waals surface area (Å²) in [6.45, 7) is 5.62. The smallest absolute Gasteiger partial charge is 0.339 e. The average Bonchev–Trinajstić information content (AvgIpc) is 3.34. The first-order chi connectivity index (χ1) is 14.7. The zero-order valence-corrected chi connectivity index (χ0v) is 17.2. The average molecular weight is 408 g/mol. The van der Waals surface area contributed by atoms with Crippen LogP contribution in [0.4, 0.5) is 0 Å². The number of ether oxygens (including phenoxy) is 2. The van der Waals surface area contributed by atoms with E-state index in [0.717, 1.165) is 64.3 Å². The van der Waals surface area contributed by atoms with Gasteiger partial charge < -0.3 is 14.4 Å². The standard InChI is InChI=1S/C24H28N2O4/c27-23(26-12-4-5-13-26)22(20-6-2-1-3-7-20)30-24(28)21-10-8-19(9-11-21)18-25-14-16-29-17-15-25/h1-3,6-11,22H,4-5,12-18H2/t22-/m1/s1. The molecule has 0 bridgehead atoms. The number of nitrogens with zero attached hydrogens (tertiary/aromatic N) is 2. The molecular weight excluding hydrogens is 380 g/mol. The van der Waals surface area contributed by atoms with Crippen molar-refractivity contribution < 1.29 is 19.1 Å². The van der Waals surface area contributed by atoms with Crippen molar-refractivity contribution in [2.45, 2.75) is 25.5 Å². The van der Waals surface area contributed by atoms with Gasteiger partial charge in [0, 0.05) is 38.3 Å². The largest absolute Gasteiger partial charge is 0.444 e. The van der Waals surface area contributed by atoms with Gasteiger partial charge in [0.1, 0.15) is 0 Å². The van der Waals surface area contributed by atoms with E-state index in [1.165, 1.54) is 0 Å². The number of rotatable bonds is 6. The van der Waals surface area contributed by atoms with Crippen molar-refractivity contribution in [2.75, 3.05) is 39.4 Å². The Kier molecular flexibility index (Phi) is 6.77. The molecule has 2 aliphatic heterocycles. The van der Waals surface area contributed by atoms with E-state index in [2.05, 4.69) is 4.90 Å². The first kappa shape index (κ1) is 20.6. The Balaban J connectivity index is 1.44. The normalized spacial score (nSPS) is 18.2. The molecular formula is C24H28N2O4. The number of esters is 1. The van der Waals surface area contributed by atoms with Gasteiger partial charge in [-0.05, 0) is 30.5 Å². The fraction of sp³-hybridized carbons (Fsp3) is 0.417. The van der Waals surface area contributed by atoms with Crippen LogP contribution >= 0.6 is 0 Å². The minimum Gasteiger partial charge on any atom is -0.444 e. The first-order valence-electron chi connectivity index (χ1n) is 10.6. The lowest BCUT2D eigenvalue weighted by Crippen LogP contribution is -2.35. The maximum Gasteiger partial charge on any atom is 0.339 e. The zero-order valence-electron chi connectivity index (χ0n) is 17.2. The van der Waals surface area contributed by atoms with E-state index in [1.54, 1.807) is 17.0 Å². The van der Waals surface area contributed by atoms with Gasteiger partial charge in [-0.3, -0.25) is 9.69 Å². The van der Waals surface area contributed by atoms with Gasteiger partial charge in [0.05, 0.1) is 18.8 Å². The second-order valence-corrected chi connectivity index (χ2v) is 7.81. The summed E-state index contributed by atoms with van der Waals surface area (Å²) < 4.78 is 11.1.